The van der Waals surface area contributed by atoms with Gasteiger partial charge in [0.1, 0.15) is 15.4 Å². The van der Waals surface area contributed by atoms with E-state index in [9.17, 15) is 22.8 Å². The van der Waals surface area contributed by atoms with Crippen LogP contribution >= 0.6 is 11.3 Å². The summed E-state index contributed by atoms with van der Waals surface area (Å²) in [6.07, 6.45) is -3.16. The summed E-state index contributed by atoms with van der Waals surface area (Å²) >= 11 is 0.668. The lowest BCUT2D eigenvalue weighted by Gasteiger charge is -2.09. The summed E-state index contributed by atoms with van der Waals surface area (Å²) in [5.74, 6) is -1.19. The summed E-state index contributed by atoms with van der Waals surface area (Å²) < 4.78 is 41.0. The summed E-state index contributed by atoms with van der Waals surface area (Å²) in [6.45, 7) is 1.49. The third-order valence-electron chi connectivity index (χ3n) is 5.24. The minimum atomic E-state index is -4.67. The molecule has 0 aliphatic rings. The maximum Gasteiger partial charge on any atom is 0.433 e. The molecule has 2 amide bonds. The summed E-state index contributed by atoms with van der Waals surface area (Å²) in [5.41, 5.74) is 5.25. The number of carbonyl (C=O) groups is 2. The SMILES string of the molecule is Cc1cc(C(F)(F)F)nc2sc(C(N)=O)c(NC(=O)c3ccn(Cn4nnc(-c5ccccc5)n4)n3)c12. The minimum Gasteiger partial charge on any atom is -0.365 e. The van der Waals surface area contributed by atoms with Crippen LogP contribution in [0.25, 0.3) is 21.6 Å². The van der Waals surface area contributed by atoms with Crippen molar-refractivity contribution in [3.63, 3.8) is 0 Å². The maximum atomic E-state index is 13.2. The Bertz CT molecular complexity index is 1640. The van der Waals surface area contributed by atoms with E-state index in [0.717, 1.165) is 11.6 Å². The van der Waals surface area contributed by atoms with E-state index in [0.29, 0.717) is 17.2 Å². The van der Waals surface area contributed by atoms with Crippen molar-refractivity contribution in [2.45, 2.75) is 19.8 Å². The Hall–Kier alpha value is -4.66. The van der Waals surface area contributed by atoms with E-state index in [1.165, 1.54) is 28.7 Å². The number of hydrogen-bond acceptors (Lipinski definition) is 8. The number of rotatable bonds is 6. The summed E-state index contributed by atoms with van der Waals surface area (Å²) in [7, 11) is 0. The minimum absolute atomic E-state index is 0.0174. The van der Waals surface area contributed by atoms with Crippen molar-refractivity contribution in [1.82, 2.24) is 35.0 Å². The molecule has 0 atom stereocenters. The number of nitrogens with zero attached hydrogens (tertiary/aromatic N) is 7. The molecule has 0 radical (unpaired) electrons. The van der Waals surface area contributed by atoms with Gasteiger partial charge in [-0.2, -0.15) is 18.3 Å². The number of alkyl halides is 3. The molecule has 188 valence electrons. The molecule has 0 unspecified atom stereocenters. The van der Waals surface area contributed by atoms with Crippen LogP contribution < -0.4 is 11.1 Å². The van der Waals surface area contributed by atoms with E-state index < -0.39 is 23.7 Å². The summed E-state index contributed by atoms with van der Waals surface area (Å²) in [5, 5.41) is 19.2. The van der Waals surface area contributed by atoms with Crippen molar-refractivity contribution in [2.24, 2.45) is 5.73 Å². The molecule has 0 saturated heterocycles. The highest BCUT2D eigenvalue weighted by molar-refractivity contribution is 7.21. The van der Waals surface area contributed by atoms with E-state index in [2.05, 4.69) is 30.8 Å². The van der Waals surface area contributed by atoms with Crippen LogP contribution in [-0.2, 0) is 12.8 Å². The van der Waals surface area contributed by atoms with Gasteiger partial charge in [-0.25, -0.2) is 9.67 Å². The molecule has 0 fully saturated rings. The number of nitrogens with one attached hydrogen (secondary N) is 1. The quantitative estimate of drug-likeness (QED) is 0.344. The number of carbonyl (C=O) groups excluding carboxylic acids is 2. The molecule has 3 N–H and O–H groups in total. The third kappa shape index (κ3) is 4.75. The first-order chi connectivity index (χ1) is 17.6. The number of primary amides is 1. The number of pyridine rings is 1. The van der Waals surface area contributed by atoms with E-state index in [1.807, 2.05) is 30.3 Å². The van der Waals surface area contributed by atoms with Gasteiger partial charge < -0.3 is 11.1 Å². The Morgan fingerprint density at radius 3 is 2.59 bits per heavy atom. The number of aromatic nitrogens is 7. The number of halogens is 3. The van der Waals surface area contributed by atoms with Crippen molar-refractivity contribution in [3.05, 3.63) is 70.5 Å². The predicted molar refractivity (Wildman–Crippen MR) is 127 cm³/mol. The Morgan fingerprint density at radius 2 is 1.89 bits per heavy atom. The number of fused-ring (bicyclic) bond motifs is 1. The molecule has 5 rings (SSSR count). The summed E-state index contributed by atoms with van der Waals surface area (Å²) in [6, 6.07) is 11.5. The smallest absolute Gasteiger partial charge is 0.365 e. The number of anilines is 1. The molecule has 0 aliphatic heterocycles. The van der Waals surface area contributed by atoms with Crippen LogP contribution in [-0.4, -0.2) is 46.8 Å². The first kappa shape index (κ1) is 24.1. The fraction of sp³-hybridized carbons (Fsp3) is 0.136. The molecule has 5 aromatic rings. The second-order valence-corrected chi connectivity index (χ2v) is 8.86. The largest absolute Gasteiger partial charge is 0.433 e. The second-order valence-electron chi connectivity index (χ2n) is 7.86. The van der Waals surface area contributed by atoms with Crippen molar-refractivity contribution in [1.29, 1.82) is 0 Å². The van der Waals surface area contributed by atoms with E-state index in [4.69, 9.17) is 5.73 Å². The molecule has 0 aliphatic carbocycles. The highest BCUT2D eigenvalue weighted by atomic mass is 32.1. The van der Waals surface area contributed by atoms with Gasteiger partial charge in [0.25, 0.3) is 11.8 Å². The molecule has 11 nitrogen and oxygen atoms in total. The number of aryl methyl sites for hydroxylation is 1. The van der Waals surface area contributed by atoms with Gasteiger partial charge in [-0.05, 0) is 29.8 Å². The lowest BCUT2D eigenvalue weighted by molar-refractivity contribution is -0.141. The van der Waals surface area contributed by atoms with Crippen LogP contribution in [0.15, 0.2) is 48.7 Å². The van der Waals surface area contributed by atoms with Crippen LogP contribution in [0.4, 0.5) is 18.9 Å². The van der Waals surface area contributed by atoms with Gasteiger partial charge in [0.15, 0.2) is 12.4 Å². The highest BCUT2D eigenvalue weighted by Gasteiger charge is 2.34. The standard InChI is InChI=1S/C22H16F3N9O2S/c1-11-9-14(22(23,24)25)27-21-15(11)16(17(37-21)18(26)35)28-20(36)13-7-8-33(30-13)10-34-31-19(29-32-34)12-5-3-2-4-6-12/h2-9H,10H2,1H3,(H2,26,35)(H,28,36). The molecule has 0 saturated carbocycles. The van der Waals surface area contributed by atoms with Crippen LogP contribution in [0.2, 0.25) is 0 Å². The van der Waals surface area contributed by atoms with E-state index in [1.54, 1.807) is 0 Å². The molecule has 0 bridgehead atoms. The lowest BCUT2D eigenvalue weighted by Crippen LogP contribution is -2.18. The average molecular weight is 527 g/mol. The fourth-order valence-electron chi connectivity index (χ4n) is 3.60. The summed E-state index contributed by atoms with van der Waals surface area (Å²) in [4.78, 5) is 29.7. The van der Waals surface area contributed by atoms with Gasteiger partial charge >= 0.3 is 6.18 Å². The van der Waals surface area contributed by atoms with Gasteiger partial charge in [0.2, 0.25) is 5.82 Å². The molecule has 4 aromatic heterocycles. The average Bonchev–Trinajstić information content (AvgIpc) is 3.58. The number of benzene rings is 1. The van der Waals surface area contributed by atoms with Gasteiger partial charge in [0.05, 0.1) is 5.69 Å². The number of amides is 2. The molecule has 37 heavy (non-hydrogen) atoms. The molecule has 0 spiro atoms. The van der Waals surface area contributed by atoms with Gasteiger partial charge in [-0.1, -0.05) is 30.3 Å². The second kappa shape index (κ2) is 9.09. The number of hydrogen-bond donors (Lipinski definition) is 2. The zero-order valence-corrected chi connectivity index (χ0v) is 19.7. The Balaban J connectivity index is 1.39. The maximum absolute atomic E-state index is 13.2. The van der Waals surface area contributed by atoms with Gasteiger partial charge in [-0.3, -0.25) is 9.59 Å². The molecule has 4 heterocycles. The molecular weight excluding hydrogens is 511 g/mol. The Kier molecular flexibility index (Phi) is 5.91. The van der Waals surface area contributed by atoms with Crippen LogP contribution in [0, 0.1) is 6.92 Å². The van der Waals surface area contributed by atoms with Crippen molar-refractivity contribution in [3.8, 4) is 11.4 Å². The predicted octanol–water partition coefficient (Wildman–Crippen LogP) is 3.33. The Labute approximate surface area is 209 Å². The van der Waals surface area contributed by atoms with Crippen LogP contribution in [0.3, 0.4) is 0 Å². The zero-order chi connectivity index (χ0) is 26.3. The molecule has 15 heteroatoms. The van der Waals surface area contributed by atoms with E-state index in [-0.39, 0.29) is 38.7 Å². The van der Waals surface area contributed by atoms with Crippen LogP contribution in [0.5, 0.6) is 0 Å². The highest BCUT2D eigenvalue weighted by Crippen LogP contribution is 2.39. The van der Waals surface area contributed by atoms with Gasteiger partial charge in [-0.15, -0.1) is 26.3 Å². The fourth-order valence-corrected chi connectivity index (χ4v) is 4.65. The van der Waals surface area contributed by atoms with Crippen molar-refractivity contribution >= 4 is 39.1 Å². The first-order valence-corrected chi connectivity index (χ1v) is 11.4. The topological polar surface area (TPSA) is 146 Å². The van der Waals surface area contributed by atoms with Gasteiger partial charge in [0, 0.05) is 17.1 Å². The number of tetrazole rings is 1. The van der Waals surface area contributed by atoms with Crippen molar-refractivity contribution in [2.75, 3.05) is 5.32 Å². The molecular formula is C22H16F3N9O2S. The Morgan fingerprint density at radius 1 is 1.14 bits per heavy atom. The normalized spacial score (nSPS) is 11.7. The van der Waals surface area contributed by atoms with Crippen molar-refractivity contribution < 1.29 is 22.8 Å². The first-order valence-electron chi connectivity index (χ1n) is 10.6. The molecule has 1 aromatic carbocycles. The monoisotopic (exact) mass is 527 g/mol. The number of nitrogens with two attached hydrogens (primary N) is 1. The lowest BCUT2D eigenvalue weighted by atomic mass is 10.1. The van der Waals surface area contributed by atoms with Crippen LogP contribution in [0.1, 0.15) is 31.4 Å². The zero-order valence-electron chi connectivity index (χ0n) is 18.9. The van der Waals surface area contributed by atoms with E-state index >= 15 is 0 Å². The number of thiophene rings is 1. The third-order valence-corrected chi connectivity index (χ3v) is 6.34.